The summed E-state index contributed by atoms with van der Waals surface area (Å²) < 4.78 is 16.0. The summed E-state index contributed by atoms with van der Waals surface area (Å²) in [4.78, 5) is 0. The molecule has 11 heavy (non-hydrogen) atoms. The van der Waals surface area contributed by atoms with Crippen LogP contribution < -0.4 is 0 Å². The molecule has 0 aromatic rings. The predicted molar refractivity (Wildman–Crippen MR) is 33.4 cm³/mol. The molecule has 4 unspecified atom stereocenters. The number of hydrogen-bond acceptors (Lipinski definition) is 4. The van der Waals surface area contributed by atoms with Gasteiger partial charge in [-0.3, -0.25) is 0 Å². The van der Waals surface area contributed by atoms with Gasteiger partial charge >= 0.3 is 0 Å². The topological polar surface area (TPSA) is 47.9 Å². The third kappa shape index (κ3) is 0.840. The van der Waals surface area contributed by atoms with E-state index >= 15 is 0 Å². The zero-order valence-corrected chi connectivity index (χ0v) is 6.03. The third-order valence-electron chi connectivity index (χ3n) is 2.49. The fraction of sp³-hybridized carbons (Fsp3) is 1.00. The van der Waals surface area contributed by atoms with Crippen LogP contribution in [-0.4, -0.2) is 29.6 Å². The van der Waals surface area contributed by atoms with E-state index in [1.165, 1.54) is 0 Å². The Morgan fingerprint density at radius 1 is 1.18 bits per heavy atom. The van der Waals surface area contributed by atoms with Crippen molar-refractivity contribution in [1.82, 2.24) is 0 Å². The molecule has 0 saturated carbocycles. The Balaban J connectivity index is 1.94. The molecular formula is C7H10O4. The molecule has 4 heterocycles. The highest BCUT2D eigenvalue weighted by Crippen LogP contribution is 2.43. The lowest BCUT2D eigenvalue weighted by atomic mass is 9.94. The summed E-state index contributed by atoms with van der Waals surface area (Å²) in [5.74, 6) is -0.950. The van der Waals surface area contributed by atoms with Gasteiger partial charge < -0.3 is 19.3 Å². The second kappa shape index (κ2) is 1.77. The Bertz CT molecular complexity index is 156. The number of aliphatic hydroxyl groups is 1. The first-order chi connectivity index (χ1) is 5.23. The van der Waals surface area contributed by atoms with Gasteiger partial charge in [0.15, 0.2) is 18.4 Å². The van der Waals surface area contributed by atoms with Gasteiger partial charge in [-0.15, -0.1) is 0 Å². The lowest BCUT2D eigenvalue weighted by Crippen LogP contribution is -2.61. The molecule has 4 nitrogen and oxygen atoms in total. The lowest BCUT2D eigenvalue weighted by Gasteiger charge is -2.52. The summed E-state index contributed by atoms with van der Waals surface area (Å²) in [7, 11) is 0. The van der Waals surface area contributed by atoms with Crippen molar-refractivity contribution in [3.05, 3.63) is 0 Å². The molecule has 4 bridgehead atoms. The normalized spacial score (nSPS) is 60.3. The Kier molecular flexibility index (Phi) is 1.02. The van der Waals surface area contributed by atoms with Crippen LogP contribution in [0, 0.1) is 0 Å². The zero-order chi connectivity index (χ0) is 7.47. The molecular weight excluding hydrogens is 148 g/mol. The SMILES string of the molecule is OC12CC3CC(OC(C1)O3)O2. The molecule has 4 fully saturated rings. The molecule has 0 radical (unpaired) electrons. The molecule has 4 aliphatic rings. The highest BCUT2D eigenvalue weighted by Gasteiger charge is 2.53. The Labute approximate surface area is 64.0 Å². The minimum Gasteiger partial charge on any atom is -0.365 e. The van der Waals surface area contributed by atoms with Crippen molar-refractivity contribution in [3.63, 3.8) is 0 Å². The summed E-state index contributed by atoms with van der Waals surface area (Å²) >= 11 is 0. The van der Waals surface area contributed by atoms with E-state index in [-0.39, 0.29) is 18.7 Å². The average Bonchev–Trinajstić information content (AvgIpc) is 1.79. The third-order valence-corrected chi connectivity index (χ3v) is 2.49. The van der Waals surface area contributed by atoms with Crippen LogP contribution in [0.5, 0.6) is 0 Å². The molecule has 0 aromatic heterocycles. The first-order valence-corrected chi connectivity index (χ1v) is 3.95. The molecule has 1 N–H and O–H groups in total. The van der Waals surface area contributed by atoms with Gasteiger partial charge in [0.25, 0.3) is 0 Å². The second-order valence-electron chi connectivity index (χ2n) is 3.46. The molecule has 0 aliphatic carbocycles. The minimum atomic E-state index is -0.950. The maximum Gasteiger partial charge on any atom is 0.175 e. The fourth-order valence-electron chi connectivity index (χ4n) is 2.09. The summed E-state index contributed by atoms with van der Waals surface area (Å²) in [6.07, 6.45) is 1.51. The van der Waals surface area contributed by atoms with Crippen LogP contribution in [-0.2, 0) is 14.2 Å². The van der Waals surface area contributed by atoms with Crippen LogP contribution in [0.1, 0.15) is 19.3 Å². The van der Waals surface area contributed by atoms with E-state index in [1.807, 2.05) is 0 Å². The van der Waals surface area contributed by atoms with Crippen LogP contribution >= 0.6 is 0 Å². The maximum absolute atomic E-state index is 9.72. The van der Waals surface area contributed by atoms with Gasteiger partial charge in [0.1, 0.15) is 0 Å². The first kappa shape index (κ1) is 6.37. The minimum absolute atomic E-state index is 0.145. The summed E-state index contributed by atoms with van der Waals surface area (Å²) in [5, 5.41) is 9.72. The zero-order valence-electron chi connectivity index (χ0n) is 6.03. The van der Waals surface area contributed by atoms with Gasteiger partial charge in [-0.2, -0.15) is 0 Å². The molecule has 4 saturated heterocycles. The quantitative estimate of drug-likeness (QED) is 0.537. The fourth-order valence-corrected chi connectivity index (χ4v) is 2.09. The van der Waals surface area contributed by atoms with E-state index in [0.29, 0.717) is 12.8 Å². The Morgan fingerprint density at radius 2 is 2.09 bits per heavy atom. The summed E-state index contributed by atoms with van der Waals surface area (Å²) in [6, 6.07) is 0. The van der Waals surface area contributed by atoms with Gasteiger partial charge in [0.2, 0.25) is 0 Å². The average molecular weight is 158 g/mol. The standard InChI is InChI=1S/C7H10O4/c8-7-2-4-1-5(11-7)10-6(3-7)9-4/h4-6,8H,1-3H2. The van der Waals surface area contributed by atoms with Crippen molar-refractivity contribution in [3.8, 4) is 0 Å². The van der Waals surface area contributed by atoms with Crippen molar-refractivity contribution in [2.24, 2.45) is 0 Å². The monoisotopic (exact) mass is 158 g/mol. The molecule has 0 spiro atoms. The molecule has 4 atom stereocenters. The Hall–Kier alpha value is -0.160. The highest BCUT2D eigenvalue weighted by atomic mass is 16.8. The van der Waals surface area contributed by atoms with Crippen LogP contribution in [0.4, 0.5) is 0 Å². The largest absolute Gasteiger partial charge is 0.365 e. The van der Waals surface area contributed by atoms with E-state index < -0.39 is 5.79 Å². The van der Waals surface area contributed by atoms with E-state index in [2.05, 4.69) is 0 Å². The predicted octanol–water partition coefficient (Wildman–Crippen LogP) is -0.0433. The van der Waals surface area contributed by atoms with Gasteiger partial charge in [-0.1, -0.05) is 0 Å². The van der Waals surface area contributed by atoms with Crippen molar-refractivity contribution < 1.29 is 19.3 Å². The van der Waals surface area contributed by atoms with E-state index in [9.17, 15) is 5.11 Å². The van der Waals surface area contributed by atoms with E-state index in [1.54, 1.807) is 0 Å². The first-order valence-electron chi connectivity index (χ1n) is 3.95. The molecule has 0 amide bonds. The summed E-state index contributed by atoms with van der Waals surface area (Å²) in [6.45, 7) is 0. The van der Waals surface area contributed by atoms with E-state index in [4.69, 9.17) is 14.2 Å². The van der Waals surface area contributed by atoms with Gasteiger partial charge in [0.05, 0.1) is 12.5 Å². The number of hydrogen-bond donors (Lipinski definition) is 1. The molecule has 4 heteroatoms. The van der Waals surface area contributed by atoms with Gasteiger partial charge in [-0.05, 0) is 0 Å². The van der Waals surface area contributed by atoms with Crippen LogP contribution in [0.2, 0.25) is 0 Å². The van der Waals surface area contributed by atoms with Crippen molar-refractivity contribution in [1.29, 1.82) is 0 Å². The highest BCUT2D eigenvalue weighted by molar-refractivity contribution is 4.89. The van der Waals surface area contributed by atoms with E-state index in [0.717, 1.165) is 6.42 Å². The summed E-state index contributed by atoms with van der Waals surface area (Å²) in [5.41, 5.74) is 0. The van der Waals surface area contributed by atoms with Crippen molar-refractivity contribution in [2.45, 2.75) is 43.7 Å². The molecule has 62 valence electrons. The number of rotatable bonds is 0. The van der Waals surface area contributed by atoms with Crippen LogP contribution in [0.25, 0.3) is 0 Å². The number of ether oxygens (including phenoxy) is 3. The lowest BCUT2D eigenvalue weighted by molar-refractivity contribution is -0.459. The maximum atomic E-state index is 9.72. The Morgan fingerprint density at radius 3 is 2.73 bits per heavy atom. The van der Waals surface area contributed by atoms with Crippen LogP contribution in [0.3, 0.4) is 0 Å². The molecule has 4 rings (SSSR count). The molecule has 0 aromatic carbocycles. The van der Waals surface area contributed by atoms with Crippen molar-refractivity contribution >= 4 is 0 Å². The van der Waals surface area contributed by atoms with Gasteiger partial charge in [0, 0.05) is 12.8 Å². The smallest absolute Gasteiger partial charge is 0.175 e. The van der Waals surface area contributed by atoms with Crippen LogP contribution in [0.15, 0.2) is 0 Å². The molecule has 4 aliphatic heterocycles. The van der Waals surface area contributed by atoms with Crippen molar-refractivity contribution in [2.75, 3.05) is 0 Å². The van der Waals surface area contributed by atoms with Gasteiger partial charge in [-0.25, -0.2) is 0 Å². The second-order valence-corrected chi connectivity index (χ2v) is 3.46.